The van der Waals surface area contributed by atoms with Gasteiger partial charge in [0.1, 0.15) is 0 Å². The maximum atomic E-state index is 12.0. The number of carbonyl (C=O) groups excluding carboxylic acids is 1. The van der Waals surface area contributed by atoms with Crippen molar-refractivity contribution in [2.45, 2.75) is 13.3 Å². The smallest absolute Gasteiger partial charge is 0.253 e. The third kappa shape index (κ3) is 3.05. The van der Waals surface area contributed by atoms with Crippen molar-refractivity contribution in [3.63, 3.8) is 0 Å². The third-order valence-corrected chi connectivity index (χ3v) is 2.87. The quantitative estimate of drug-likeness (QED) is 0.501. The van der Waals surface area contributed by atoms with Crippen LogP contribution in [0.4, 0.5) is 5.69 Å². The molecule has 0 aliphatic heterocycles. The predicted molar refractivity (Wildman–Crippen MR) is 78.8 cm³/mol. The molecular weight excluding hydrogens is 236 g/mol. The molecule has 0 aromatic heterocycles. The Balaban J connectivity index is 2.20. The molecule has 2 aromatic rings. The van der Waals surface area contributed by atoms with E-state index in [0.29, 0.717) is 24.2 Å². The number of benzene rings is 2. The summed E-state index contributed by atoms with van der Waals surface area (Å²) in [6, 6.07) is 11.5. The molecule has 2 rings (SSSR count). The minimum atomic E-state index is -0.152. The Kier molecular flexibility index (Phi) is 4.04. The summed E-state index contributed by atoms with van der Waals surface area (Å²) in [7, 11) is 0. The summed E-state index contributed by atoms with van der Waals surface area (Å²) in [5, 5.41) is 4.86. The van der Waals surface area contributed by atoms with E-state index >= 15 is 0 Å². The summed E-state index contributed by atoms with van der Waals surface area (Å²) in [5.41, 5.74) is 6.94. The zero-order chi connectivity index (χ0) is 13.7. The molecule has 3 nitrogen and oxygen atoms in total. The molecule has 0 atom stereocenters. The average molecular weight is 252 g/mol. The minimum absolute atomic E-state index is 0.152. The number of hydrogen-bond donors (Lipinski definition) is 2. The van der Waals surface area contributed by atoms with Gasteiger partial charge in [0.15, 0.2) is 0 Å². The van der Waals surface area contributed by atoms with Gasteiger partial charge in [-0.3, -0.25) is 4.79 Å². The van der Waals surface area contributed by atoms with E-state index in [0.717, 1.165) is 10.8 Å². The predicted octanol–water partition coefficient (Wildman–Crippen LogP) is 2.57. The summed E-state index contributed by atoms with van der Waals surface area (Å²) in [4.78, 5) is 12.0. The van der Waals surface area contributed by atoms with Crippen molar-refractivity contribution in [1.29, 1.82) is 0 Å². The second-order valence-corrected chi connectivity index (χ2v) is 4.22. The number of amides is 1. The van der Waals surface area contributed by atoms with Crippen LogP contribution in [0.15, 0.2) is 36.4 Å². The lowest BCUT2D eigenvalue weighted by Gasteiger charge is -2.08. The Morgan fingerprint density at radius 2 is 1.95 bits per heavy atom. The van der Waals surface area contributed by atoms with Gasteiger partial charge in [-0.1, -0.05) is 24.3 Å². The lowest BCUT2D eigenvalue weighted by molar-refractivity contribution is 0.0955. The molecule has 0 saturated heterocycles. The van der Waals surface area contributed by atoms with Crippen molar-refractivity contribution in [3.8, 4) is 11.8 Å². The Morgan fingerprint density at radius 3 is 2.63 bits per heavy atom. The highest BCUT2D eigenvalue weighted by Crippen LogP contribution is 2.21. The lowest BCUT2D eigenvalue weighted by atomic mass is 10.0. The van der Waals surface area contributed by atoms with Crippen molar-refractivity contribution in [1.82, 2.24) is 5.32 Å². The molecule has 0 bridgehead atoms. The van der Waals surface area contributed by atoms with Gasteiger partial charge < -0.3 is 11.1 Å². The van der Waals surface area contributed by atoms with E-state index in [1.165, 1.54) is 0 Å². The van der Waals surface area contributed by atoms with Crippen LogP contribution in [0.3, 0.4) is 0 Å². The topological polar surface area (TPSA) is 55.1 Å². The second-order valence-electron chi connectivity index (χ2n) is 4.22. The first-order valence-electron chi connectivity index (χ1n) is 6.18. The van der Waals surface area contributed by atoms with Crippen LogP contribution in [0.2, 0.25) is 0 Å². The van der Waals surface area contributed by atoms with Crippen molar-refractivity contribution < 1.29 is 4.79 Å². The van der Waals surface area contributed by atoms with Crippen LogP contribution >= 0.6 is 0 Å². The molecule has 0 radical (unpaired) electrons. The van der Waals surface area contributed by atoms with Gasteiger partial charge in [0.05, 0.1) is 5.56 Å². The van der Waals surface area contributed by atoms with Gasteiger partial charge in [-0.2, -0.15) is 0 Å². The average Bonchev–Trinajstić information content (AvgIpc) is 2.42. The molecule has 0 fully saturated rings. The number of nitrogen functional groups attached to an aromatic ring is 1. The molecule has 19 heavy (non-hydrogen) atoms. The lowest BCUT2D eigenvalue weighted by Crippen LogP contribution is -2.25. The Bertz CT molecular complexity index is 665. The van der Waals surface area contributed by atoms with E-state index in [4.69, 9.17) is 5.73 Å². The molecule has 0 saturated carbocycles. The molecule has 2 aromatic carbocycles. The SMILES string of the molecule is CC#CCCNC(=O)c1cc2ccccc2cc1N. The maximum Gasteiger partial charge on any atom is 0.253 e. The molecule has 0 aliphatic carbocycles. The van der Waals surface area contributed by atoms with Crippen LogP contribution in [0.5, 0.6) is 0 Å². The number of nitrogens with one attached hydrogen (secondary N) is 1. The summed E-state index contributed by atoms with van der Waals surface area (Å²) in [6.45, 7) is 2.31. The Hall–Kier alpha value is -2.47. The van der Waals surface area contributed by atoms with E-state index in [-0.39, 0.29) is 5.91 Å². The largest absolute Gasteiger partial charge is 0.398 e. The second kappa shape index (κ2) is 5.92. The van der Waals surface area contributed by atoms with Crippen molar-refractivity contribution in [2.75, 3.05) is 12.3 Å². The van der Waals surface area contributed by atoms with Crippen LogP contribution in [0.25, 0.3) is 10.8 Å². The maximum absolute atomic E-state index is 12.0. The van der Waals surface area contributed by atoms with Crippen LogP contribution in [0, 0.1) is 11.8 Å². The minimum Gasteiger partial charge on any atom is -0.398 e. The van der Waals surface area contributed by atoms with Gasteiger partial charge in [-0.25, -0.2) is 0 Å². The van der Waals surface area contributed by atoms with E-state index in [1.54, 1.807) is 6.92 Å². The highest BCUT2D eigenvalue weighted by molar-refractivity contribution is 6.03. The molecule has 0 aliphatic rings. The number of hydrogen-bond acceptors (Lipinski definition) is 2. The number of fused-ring (bicyclic) bond motifs is 1. The highest BCUT2D eigenvalue weighted by atomic mass is 16.1. The molecule has 0 unspecified atom stereocenters. The normalized spacial score (nSPS) is 9.74. The zero-order valence-corrected chi connectivity index (χ0v) is 10.9. The van der Waals surface area contributed by atoms with E-state index in [2.05, 4.69) is 17.2 Å². The van der Waals surface area contributed by atoms with Crippen LogP contribution in [-0.4, -0.2) is 12.5 Å². The van der Waals surface area contributed by atoms with Crippen LogP contribution in [-0.2, 0) is 0 Å². The molecule has 1 amide bonds. The molecule has 96 valence electrons. The Labute approximate surface area is 112 Å². The first kappa shape index (κ1) is 13.0. The zero-order valence-electron chi connectivity index (χ0n) is 10.9. The van der Waals surface area contributed by atoms with E-state index in [9.17, 15) is 4.79 Å². The van der Waals surface area contributed by atoms with Crippen molar-refractivity contribution >= 4 is 22.4 Å². The van der Waals surface area contributed by atoms with Gasteiger partial charge in [0, 0.05) is 18.7 Å². The number of rotatable bonds is 3. The highest BCUT2D eigenvalue weighted by Gasteiger charge is 2.10. The molecule has 3 heteroatoms. The van der Waals surface area contributed by atoms with Crippen LogP contribution in [0.1, 0.15) is 23.7 Å². The molecular formula is C16H16N2O. The summed E-state index contributed by atoms with van der Waals surface area (Å²) < 4.78 is 0. The fourth-order valence-electron chi connectivity index (χ4n) is 1.91. The fourth-order valence-corrected chi connectivity index (χ4v) is 1.91. The first-order chi connectivity index (χ1) is 9.22. The van der Waals surface area contributed by atoms with Gasteiger partial charge >= 0.3 is 0 Å². The van der Waals surface area contributed by atoms with Gasteiger partial charge in [0.2, 0.25) is 0 Å². The van der Waals surface area contributed by atoms with Gasteiger partial charge in [-0.15, -0.1) is 11.8 Å². The molecule has 0 heterocycles. The first-order valence-corrected chi connectivity index (χ1v) is 6.18. The van der Waals surface area contributed by atoms with Crippen molar-refractivity contribution in [3.05, 3.63) is 42.0 Å². The fraction of sp³-hybridized carbons (Fsp3) is 0.188. The summed E-state index contributed by atoms with van der Waals surface area (Å²) in [5.74, 6) is 5.54. The molecule has 3 N–H and O–H groups in total. The van der Waals surface area contributed by atoms with E-state index in [1.807, 2.05) is 36.4 Å². The number of nitrogens with two attached hydrogens (primary N) is 1. The number of anilines is 1. The van der Waals surface area contributed by atoms with E-state index < -0.39 is 0 Å². The van der Waals surface area contributed by atoms with Crippen LogP contribution < -0.4 is 11.1 Å². The summed E-state index contributed by atoms with van der Waals surface area (Å²) >= 11 is 0. The van der Waals surface area contributed by atoms with Gasteiger partial charge in [-0.05, 0) is 29.8 Å². The monoisotopic (exact) mass is 252 g/mol. The third-order valence-electron chi connectivity index (χ3n) is 2.87. The Morgan fingerprint density at radius 1 is 1.26 bits per heavy atom. The summed E-state index contributed by atoms with van der Waals surface area (Å²) in [6.07, 6.45) is 0.649. The van der Waals surface area contributed by atoms with Gasteiger partial charge in [0.25, 0.3) is 5.91 Å². The molecule has 0 spiro atoms. The number of carbonyl (C=O) groups is 1. The standard InChI is InChI=1S/C16H16N2O/c1-2-3-6-9-18-16(19)14-10-12-7-4-5-8-13(12)11-15(14)17/h4-5,7-8,10-11H,6,9,17H2,1H3,(H,18,19). The van der Waals surface area contributed by atoms with Crippen molar-refractivity contribution in [2.24, 2.45) is 0 Å².